The maximum absolute atomic E-state index is 12.5. The van der Waals surface area contributed by atoms with Crippen LogP contribution >= 0.6 is 0 Å². The van der Waals surface area contributed by atoms with Gasteiger partial charge in [-0.2, -0.15) is 5.10 Å². The number of carbonyl (C=O) groups is 1. The molecular weight excluding hydrogens is 450 g/mol. The summed E-state index contributed by atoms with van der Waals surface area (Å²) in [4.78, 5) is 20.1. The lowest BCUT2D eigenvalue weighted by atomic mass is 9.62. The number of aliphatic hydroxyl groups is 1. The Labute approximate surface area is 213 Å². The van der Waals surface area contributed by atoms with Crippen molar-refractivity contribution in [3.05, 3.63) is 71.2 Å². The van der Waals surface area contributed by atoms with Crippen LogP contribution in [0.5, 0.6) is 0 Å². The van der Waals surface area contributed by atoms with Crippen LogP contribution in [0.2, 0.25) is 0 Å². The second kappa shape index (κ2) is 9.12. The molecule has 2 aromatic heterocycles. The average Bonchev–Trinajstić information content (AvgIpc) is 3.28. The lowest BCUT2D eigenvalue weighted by Gasteiger charge is -2.55. The second-order valence-corrected chi connectivity index (χ2v) is 11.5. The van der Waals surface area contributed by atoms with E-state index in [1.807, 2.05) is 17.2 Å². The van der Waals surface area contributed by atoms with E-state index in [-0.39, 0.29) is 11.3 Å². The molecule has 0 saturated carbocycles. The van der Waals surface area contributed by atoms with Gasteiger partial charge in [-0.1, -0.05) is 45.0 Å². The minimum absolute atomic E-state index is 0.136. The second-order valence-electron chi connectivity index (χ2n) is 11.5. The Morgan fingerprint density at radius 3 is 2.47 bits per heavy atom. The van der Waals surface area contributed by atoms with Crippen molar-refractivity contribution >= 4 is 5.91 Å². The van der Waals surface area contributed by atoms with Crippen LogP contribution in [0.25, 0.3) is 11.3 Å². The summed E-state index contributed by atoms with van der Waals surface area (Å²) in [5.41, 5.74) is 4.15. The number of likely N-dealkylation sites (tertiary alicyclic amines) is 2. The number of aromatic nitrogens is 3. The topological polar surface area (TPSA) is 85.3 Å². The van der Waals surface area contributed by atoms with Gasteiger partial charge >= 0.3 is 0 Å². The monoisotopic (exact) mass is 487 g/mol. The molecule has 7 nitrogen and oxygen atoms in total. The van der Waals surface area contributed by atoms with Crippen molar-refractivity contribution in [1.82, 2.24) is 25.0 Å². The number of rotatable bonds is 7. The zero-order valence-electron chi connectivity index (χ0n) is 22.0. The first-order valence-electron chi connectivity index (χ1n) is 12.9. The number of hydrogen-bond acceptors (Lipinski definition) is 5. The normalized spacial score (nSPS) is 19.6. The molecule has 0 radical (unpaired) electrons. The first kappa shape index (κ1) is 24.7. The molecule has 2 fully saturated rings. The molecule has 0 unspecified atom stereocenters. The highest BCUT2D eigenvalue weighted by Crippen LogP contribution is 2.50. The fraction of sp³-hybridized carbons (Fsp3) is 0.483. The van der Waals surface area contributed by atoms with Gasteiger partial charge in [0.25, 0.3) is 0 Å². The summed E-state index contributed by atoms with van der Waals surface area (Å²) < 4.78 is 0. The molecule has 5 rings (SSSR count). The summed E-state index contributed by atoms with van der Waals surface area (Å²) in [5, 5.41) is 20.2. The Balaban J connectivity index is 1.44. The van der Waals surface area contributed by atoms with Gasteiger partial charge in [0.2, 0.25) is 5.91 Å². The fourth-order valence-electron chi connectivity index (χ4n) is 6.01. The quantitative estimate of drug-likeness (QED) is 0.530. The van der Waals surface area contributed by atoms with Gasteiger partial charge in [-0.25, -0.2) is 0 Å². The van der Waals surface area contributed by atoms with Gasteiger partial charge in [-0.3, -0.25) is 14.9 Å². The maximum atomic E-state index is 12.5. The lowest BCUT2D eigenvalue weighted by molar-refractivity contribution is -0.134. The molecule has 4 heterocycles. The molecule has 1 amide bonds. The fourth-order valence-corrected chi connectivity index (χ4v) is 6.01. The number of hydrogen-bond donors (Lipinski definition) is 2. The van der Waals surface area contributed by atoms with Gasteiger partial charge in [0.15, 0.2) is 0 Å². The van der Waals surface area contributed by atoms with Crippen molar-refractivity contribution in [2.75, 3.05) is 33.2 Å². The Hall–Kier alpha value is -3.03. The molecule has 36 heavy (non-hydrogen) atoms. The highest BCUT2D eigenvalue weighted by Gasteiger charge is 2.55. The molecule has 1 atom stereocenters. The van der Waals surface area contributed by atoms with E-state index in [0.29, 0.717) is 11.8 Å². The summed E-state index contributed by atoms with van der Waals surface area (Å²) >= 11 is 0. The molecule has 2 aliphatic rings. The largest absolute Gasteiger partial charge is 0.380 e. The van der Waals surface area contributed by atoms with Crippen LogP contribution < -0.4 is 0 Å². The van der Waals surface area contributed by atoms with E-state index in [4.69, 9.17) is 0 Å². The summed E-state index contributed by atoms with van der Waals surface area (Å²) in [6.07, 6.45) is 4.46. The van der Waals surface area contributed by atoms with E-state index >= 15 is 0 Å². The van der Waals surface area contributed by atoms with E-state index in [2.05, 4.69) is 78.2 Å². The number of nitrogens with zero attached hydrogens (tertiary/aromatic N) is 4. The van der Waals surface area contributed by atoms with Crippen LogP contribution in [0, 0.1) is 11.3 Å². The average molecular weight is 488 g/mol. The first-order valence-corrected chi connectivity index (χ1v) is 12.9. The van der Waals surface area contributed by atoms with Crippen LogP contribution in [-0.4, -0.2) is 69.2 Å². The molecule has 7 heteroatoms. The maximum Gasteiger partial charge on any atom is 0.219 e. The third-order valence-electron chi connectivity index (χ3n) is 8.10. The van der Waals surface area contributed by atoms with Crippen molar-refractivity contribution in [3.63, 3.8) is 0 Å². The third kappa shape index (κ3) is 4.24. The predicted octanol–water partition coefficient (Wildman–Crippen LogP) is 3.80. The molecule has 2 N–H and O–H groups in total. The van der Waals surface area contributed by atoms with Crippen LogP contribution in [0.4, 0.5) is 0 Å². The third-order valence-corrected chi connectivity index (χ3v) is 8.10. The van der Waals surface area contributed by atoms with Crippen LogP contribution in [0.15, 0.2) is 48.8 Å². The van der Waals surface area contributed by atoms with Gasteiger partial charge in [-0.05, 0) is 48.6 Å². The number of carbonyl (C=O) groups excluding carboxylic acids is 1. The van der Waals surface area contributed by atoms with Gasteiger partial charge in [0, 0.05) is 67.7 Å². The summed E-state index contributed by atoms with van der Waals surface area (Å²) in [6.45, 7) is 11.3. The smallest absolute Gasteiger partial charge is 0.219 e. The highest BCUT2D eigenvalue weighted by molar-refractivity contribution is 5.74. The SMILES string of the molecule is CC(=O)N1CC(Cc2cc(-c3cncc([C@@](O)(c4ccc(C(C)C)cc4)C4(C)CN(C)C4)c3)n[nH]2)C1. The highest BCUT2D eigenvalue weighted by atomic mass is 16.3. The van der Waals surface area contributed by atoms with Gasteiger partial charge < -0.3 is 14.9 Å². The standard InChI is InChI=1S/C29H37N5O2/c1-19(2)22-6-8-24(9-7-22)29(36,28(4)17-33(5)18-28)25-11-23(13-30-14-25)27-12-26(31-32-27)10-21-15-34(16-21)20(3)35/h6-9,11-14,19,21,36H,10,15-18H2,1-5H3,(H,31,32)/t29-/m0/s1. The summed E-state index contributed by atoms with van der Waals surface area (Å²) in [6, 6.07) is 12.5. The first-order chi connectivity index (χ1) is 17.1. The molecule has 3 aromatic rings. The predicted molar refractivity (Wildman–Crippen MR) is 140 cm³/mol. The number of amides is 1. The molecule has 0 bridgehead atoms. The van der Waals surface area contributed by atoms with E-state index in [1.54, 1.807) is 13.1 Å². The van der Waals surface area contributed by atoms with E-state index in [0.717, 1.165) is 60.7 Å². The lowest BCUT2D eigenvalue weighted by Crippen LogP contribution is -2.63. The van der Waals surface area contributed by atoms with Crippen molar-refractivity contribution in [1.29, 1.82) is 0 Å². The van der Waals surface area contributed by atoms with Crippen molar-refractivity contribution in [2.45, 2.75) is 45.6 Å². The zero-order chi connectivity index (χ0) is 25.7. The minimum atomic E-state index is -1.18. The Bertz CT molecular complexity index is 1240. The Kier molecular flexibility index (Phi) is 6.25. The van der Waals surface area contributed by atoms with Crippen LogP contribution in [0.3, 0.4) is 0 Å². The van der Waals surface area contributed by atoms with Crippen molar-refractivity contribution in [2.24, 2.45) is 11.3 Å². The van der Waals surface area contributed by atoms with Crippen molar-refractivity contribution in [3.8, 4) is 11.3 Å². The Morgan fingerprint density at radius 1 is 1.17 bits per heavy atom. The number of benzene rings is 1. The van der Waals surface area contributed by atoms with Crippen LogP contribution in [-0.2, 0) is 16.8 Å². The minimum Gasteiger partial charge on any atom is -0.380 e. The number of H-pyrrole nitrogens is 1. The molecule has 0 spiro atoms. The van der Waals surface area contributed by atoms with E-state index in [9.17, 15) is 9.90 Å². The molecule has 2 saturated heterocycles. The molecular formula is C29H37N5O2. The van der Waals surface area contributed by atoms with Crippen molar-refractivity contribution < 1.29 is 9.90 Å². The molecule has 2 aliphatic heterocycles. The summed E-state index contributed by atoms with van der Waals surface area (Å²) in [7, 11) is 2.09. The van der Waals surface area contributed by atoms with Gasteiger partial charge in [0.1, 0.15) is 5.60 Å². The number of nitrogens with one attached hydrogen (secondary N) is 1. The van der Waals surface area contributed by atoms with E-state index < -0.39 is 5.60 Å². The van der Waals surface area contributed by atoms with E-state index in [1.165, 1.54) is 5.56 Å². The zero-order valence-corrected chi connectivity index (χ0v) is 22.0. The number of aromatic amines is 1. The van der Waals surface area contributed by atoms with Crippen LogP contribution in [0.1, 0.15) is 56.0 Å². The van der Waals surface area contributed by atoms with Gasteiger partial charge in [-0.15, -0.1) is 0 Å². The molecule has 1 aromatic carbocycles. The molecule has 190 valence electrons. The number of pyridine rings is 1. The van der Waals surface area contributed by atoms with Gasteiger partial charge in [0.05, 0.1) is 5.69 Å². The molecule has 0 aliphatic carbocycles. The Morgan fingerprint density at radius 2 is 1.86 bits per heavy atom. The summed E-state index contributed by atoms with van der Waals surface area (Å²) in [5.74, 6) is 1.03.